The molecule has 0 fully saturated rings. The highest BCUT2D eigenvalue weighted by Crippen LogP contribution is 2.19. The lowest BCUT2D eigenvalue weighted by Crippen LogP contribution is -2.48. The molecule has 7 heteroatoms. The molecule has 2 aromatic rings. The lowest BCUT2D eigenvalue weighted by molar-refractivity contribution is -0.138. The molecule has 0 unspecified atom stereocenters. The fourth-order valence-corrected chi connectivity index (χ4v) is 4.00. The van der Waals surface area contributed by atoms with E-state index in [0.717, 1.165) is 21.4 Å². The zero-order chi connectivity index (χ0) is 20.5. The third-order valence-corrected chi connectivity index (χ3v) is 5.92. The molecule has 150 valence electrons. The second kappa shape index (κ2) is 11.5. The zero-order valence-electron chi connectivity index (χ0n) is 16.0. The number of hydrogen-bond donors (Lipinski definition) is 1. The Hall–Kier alpha value is -1.50. The Bertz CT molecular complexity index is 801. The molecule has 1 atom stereocenters. The highest BCUT2D eigenvalue weighted by atomic mass is 79.9. The number of halogens is 2. The number of thioether (sulfide) groups is 1. The Morgan fingerprint density at radius 1 is 1.18 bits per heavy atom. The van der Waals surface area contributed by atoms with Crippen LogP contribution in [0.5, 0.6) is 0 Å². The van der Waals surface area contributed by atoms with Gasteiger partial charge in [0, 0.05) is 28.3 Å². The predicted octanol–water partition coefficient (Wildman–Crippen LogP) is 4.89. The molecule has 0 radical (unpaired) electrons. The summed E-state index contributed by atoms with van der Waals surface area (Å²) in [6, 6.07) is 14.8. The van der Waals surface area contributed by atoms with E-state index in [4.69, 9.17) is 11.6 Å². The minimum Gasteiger partial charge on any atom is -0.355 e. The Kier molecular flexibility index (Phi) is 9.35. The van der Waals surface area contributed by atoms with E-state index in [1.165, 1.54) is 0 Å². The van der Waals surface area contributed by atoms with Gasteiger partial charge in [-0.1, -0.05) is 51.8 Å². The van der Waals surface area contributed by atoms with E-state index < -0.39 is 6.04 Å². The number of carbonyl (C=O) groups excluding carboxylic acids is 2. The van der Waals surface area contributed by atoms with E-state index in [1.807, 2.05) is 49.4 Å². The van der Waals surface area contributed by atoms with Gasteiger partial charge in [0.25, 0.3) is 0 Å². The molecule has 0 aliphatic heterocycles. The summed E-state index contributed by atoms with van der Waals surface area (Å²) in [6.07, 6.45) is 0. The summed E-state index contributed by atoms with van der Waals surface area (Å²) in [4.78, 5) is 26.9. The minimum absolute atomic E-state index is 0.0687. The number of rotatable bonds is 9. The van der Waals surface area contributed by atoms with Crippen LogP contribution in [0, 0.1) is 0 Å². The molecule has 2 aromatic carbocycles. The first kappa shape index (κ1) is 22.8. The summed E-state index contributed by atoms with van der Waals surface area (Å²) in [6.45, 7) is 4.49. The van der Waals surface area contributed by atoms with Crippen molar-refractivity contribution in [3.63, 3.8) is 0 Å². The lowest BCUT2D eigenvalue weighted by atomic mass is 10.1. The molecular formula is C21H24BrClN2O2S. The molecule has 0 aromatic heterocycles. The van der Waals surface area contributed by atoms with Crippen molar-refractivity contribution in [1.82, 2.24) is 10.2 Å². The van der Waals surface area contributed by atoms with E-state index >= 15 is 0 Å². The second-order valence-electron chi connectivity index (χ2n) is 6.34. The van der Waals surface area contributed by atoms with Gasteiger partial charge in [0.1, 0.15) is 6.04 Å². The molecule has 2 amide bonds. The van der Waals surface area contributed by atoms with Gasteiger partial charge in [-0.15, -0.1) is 11.8 Å². The first-order chi connectivity index (χ1) is 13.4. The highest BCUT2D eigenvalue weighted by Gasteiger charge is 2.25. The first-order valence-corrected chi connectivity index (χ1v) is 11.4. The van der Waals surface area contributed by atoms with Crippen LogP contribution in [0.25, 0.3) is 0 Å². The van der Waals surface area contributed by atoms with Gasteiger partial charge in [0.2, 0.25) is 11.8 Å². The third-order valence-electron chi connectivity index (χ3n) is 4.17. The van der Waals surface area contributed by atoms with Crippen LogP contribution < -0.4 is 5.32 Å². The van der Waals surface area contributed by atoms with Crippen molar-refractivity contribution < 1.29 is 9.59 Å². The number of nitrogens with one attached hydrogen (secondary N) is 1. The molecule has 28 heavy (non-hydrogen) atoms. The largest absolute Gasteiger partial charge is 0.355 e. The van der Waals surface area contributed by atoms with Gasteiger partial charge in [-0.3, -0.25) is 9.59 Å². The van der Waals surface area contributed by atoms with Gasteiger partial charge in [0.05, 0.1) is 5.75 Å². The quantitative estimate of drug-likeness (QED) is 0.552. The molecule has 0 saturated carbocycles. The molecule has 4 nitrogen and oxygen atoms in total. The second-order valence-corrected chi connectivity index (χ2v) is 8.68. The molecule has 0 heterocycles. The smallest absolute Gasteiger partial charge is 0.242 e. The summed E-state index contributed by atoms with van der Waals surface area (Å²) < 4.78 is 1.03. The average molecular weight is 484 g/mol. The van der Waals surface area contributed by atoms with Crippen molar-refractivity contribution in [3.05, 3.63) is 69.2 Å². The van der Waals surface area contributed by atoms with Crippen LogP contribution >= 0.6 is 39.3 Å². The SMILES string of the molecule is CCNC(=O)[C@H](C)N(Cc1cccc(Cl)c1)C(=O)CSCc1ccc(Br)cc1. The third kappa shape index (κ3) is 7.15. The van der Waals surface area contributed by atoms with Crippen molar-refractivity contribution in [2.24, 2.45) is 0 Å². The highest BCUT2D eigenvalue weighted by molar-refractivity contribution is 9.10. The maximum Gasteiger partial charge on any atom is 0.242 e. The van der Waals surface area contributed by atoms with Crippen molar-refractivity contribution >= 4 is 51.1 Å². The van der Waals surface area contributed by atoms with Crippen LogP contribution in [0.1, 0.15) is 25.0 Å². The standard InChI is InChI=1S/C21H24BrClN2O2S/c1-3-24-21(27)15(2)25(12-17-5-4-6-19(23)11-17)20(26)14-28-13-16-7-9-18(22)10-8-16/h4-11,15H,3,12-14H2,1-2H3,(H,24,27)/t15-/m0/s1. The van der Waals surface area contributed by atoms with Crippen LogP contribution in [-0.2, 0) is 21.9 Å². The van der Waals surface area contributed by atoms with Crippen molar-refractivity contribution in [3.8, 4) is 0 Å². The van der Waals surface area contributed by atoms with E-state index in [1.54, 1.807) is 29.7 Å². The van der Waals surface area contributed by atoms with Gasteiger partial charge < -0.3 is 10.2 Å². The molecule has 0 saturated heterocycles. The van der Waals surface area contributed by atoms with E-state index in [-0.39, 0.29) is 11.8 Å². The number of carbonyl (C=O) groups is 2. The molecule has 1 N–H and O–H groups in total. The Labute approximate surface area is 184 Å². The van der Waals surface area contributed by atoms with Crippen molar-refractivity contribution in [1.29, 1.82) is 0 Å². The van der Waals surface area contributed by atoms with Gasteiger partial charge in [-0.2, -0.15) is 0 Å². The van der Waals surface area contributed by atoms with Gasteiger partial charge in [-0.05, 0) is 49.2 Å². The van der Waals surface area contributed by atoms with E-state index in [2.05, 4.69) is 21.2 Å². The van der Waals surface area contributed by atoms with Gasteiger partial charge in [0.15, 0.2) is 0 Å². The van der Waals surface area contributed by atoms with Crippen LogP contribution in [0.4, 0.5) is 0 Å². The summed E-state index contributed by atoms with van der Waals surface area (Å²) in [7, 11) is 0. The number of amides is 2. The van der Waals surface area contributed by atoms with Crippen LogP contribution in [0.2, 0.25) is 5.02 Å². The summed E-state index contributed by atoms with van der Waals surface area (Å²) >= 11 is 11.0. The van der Waals surface area contributed by atoms with E-state index in [0.29, 0.717) is 23.9 Å². The summed E-state index contributed by atoms with van der Waals surface area (Å²) in [5.41, 5.74) is 2.05. The first-order valence-electron chi connectivity index (χ1n) is 9.04. The summed E-state index contributed by atoms with van der Waals surface area (Å²) in [5, 5.41) is 3.41. The molecule has 0 aliphatic carbocycles. The van der Waals surface area contributed by atoms with E-state index in [9.17, 15) is 9.59 Å². The Morgan fingerprint density at radius 2 is 1.89 bits per heavy atom. The summed E-state index contributed by atoms with van der Waals surface area (Å²) in [5.74, 6) is 0.816. The molecule has 0 aliphatic rings. The molecule has 2 rings (SSSR count). The maximum absolute atomic E-state index is 12.9. The average Bonchev–Trinajstić information content (AvgIpc) is 2.67. The topological polar surface area (TPSA) is 49.4 Å². The number of benzene rings is 2. The van der Waals surface area contributed by atoms with Gasteiger partial charge >= 0.3 is 0 Å². The normalized spacial score (nSPS) is 11.7. The van der Waals surface area contributed by atoms with Gasteiger partial charge in [-0.25, -0.2) is 0 Å². The zero-order valence-corrected chi connectivity index (χ0v) is 19.1. The monoisotopic (exact) mass is 482 g/mol. The lowest BCUT2D eigenvalue weighted by Gasteiger charge is -2.28. The van der Waals surface area contributed by atoms with Crippen LogP contribution in [-0.4, -0.2) is 35.1 Å². The Morgan fingerprint density at radius 3 is 2.54 bits per heavy atom. The fourth-order valence-electron chi connectivity index (χ4n) is 2.66. The number of hydrogen-bond acceptors (Lipinski definition) is 3. The molecule has 0 bridgehead atoms. The van der Waals surface area contributed by atoms with Crippen LogP contribution in [0.15, 0.2) is 53.0 Å². The van der Waals surface area contributed by atoms with Crippen LogP contribution in [0.3, 0.4) is 0 Å². The predicted molar refractivity (Wildman–Crippen MR) is 120 cm³/mol. The fraction of sp³-hybridized carbons (Fsp3) is 0.333. The minimum atomic E-state index is -0.556. The Balaban J connectivity index is 2.04. The molecule has 0 spiro atoms. The molecular weight excluding hydrogens is 460 g/mol. The maximum atomic E-state index is 12.9. The number of nitrogens with zero attached hydrogens (tertiary/aromatic N) is 1. The number of likely N-dealkylation sites (N-methyl/N-ethyl adjacent to an activating group) is 1. The van der Waals surface area contributed by atoms with Crippen molar-refractivity contribution in [2.45, 2.75) is 32.2 Å². The van der Waals surface area contributed by atoms with Crippen molar-refractivity contribution in [2.75, 3.05) is 12.3 Å².